The molecule has 0 heterocycles. The Morgan fingerprint density at radius 3 is 2.45 bits per heavy atom. The van der Waals surface area contributed by atoms with Crippen LogP contribution in [0.3, 0.4) is 0 Å². The van der Waals surface area contributed by atoms with Gasteiger partial charge in [-0.05, 0) is 46.4 Å². The zero-order chi connectivity index (χ0) is 15.4. The van der Waals surface area contributed by atoms with Crippen molar-refractivity contribution in [2.45, 2.75) is 26.9 Å². The maximum Gasteiger partial charge on any atom is 0.120 e. The fourth-order valence-electron chi connectivity index (χ4n) is 2.68. The summed E-state index contributed by atoms with van der Waals surface area (Å²) in [5, 5.41) is 2.56. The molecule has 3 rings (SSSR count). The SMILES string of the molecule is C[C](C)Cc1cccc2ccc(OCc3ccccc3)cc12. The summed E-state index contributed by atoms with van der Waals surface area (Å²) in [7, 11) is 0. The Hall–Kier alpha value is -2.28. The number of ether oxygens (including phenoxy) is 1. The lowest BCUT2D eigenvalue weighted by Gasteiger charge is -2.11. The van der Waals surface area contributed by atoms with Gasteiger partial charge in [0.05, 0.1) is 0 Å². The second-order valence-corrected chi connectivity index (χ2v) is 5.96. The molecule has 111 valence electrons. The van der Waals surface area contributed by atoms with E-state index in [9.17, 15) is 0 Å². The molecule has 0 N–H and O–H groups in total. The molecule has 0 aliphatic carbocycles. The Bertz CT molecular complexity index is 744. The Kier molecular flexibility index (Phi) is 4.43. The van der Waals surface area contributed by atoms with E-state index in [1.165, 1.54) is 27.8 Å². The molecule has 0 aromatic heterocycles. The third kappa shape index (κ3) is 3.48. The van der Waals surface area contributed by atoms with Crippen LogP contribution in [0.5, 0.6) is 5.75 Å². The largest absolute Gasteiger partial charge is 0.489 e. The summed E-state index contributed by atoms with van der Waals surface area (Å²) < 4.78 is 5.95. The molecule has 1 radical (unpaired) electrons. The van der Waals surface area contributed by atoms with Crippen molar-refractivity contribution in [1.29, 1.82) is 0 Å². The first-order valence-corrected chi connectivity index (χ1v) is 7.70. The van der Waals surface area contributed by atoms with Gasteiger partial charge in [0.15, 0.2) is 0 Å². The third-order valence-electron chi connectivity index (χ3n) is 3.74. The number of rotatable bonds is 5. The van der Waals surface area contributed by atoms with Gasteiger partial charge < -0.3 is 4.74 Å². The summed E-state index contributed by atoms with van der Waals surface area (Å²) in [6, 6.07) is 23.1. The highest BCUT2D eigenvalue weighted by atomic mass is 16.5. The zero-order valence-corrected chi connectivity index (χ0v) is 13.2. The van der Waals surface area contributed by atoms with Gasteiger partial charge in [-0.1, -0.05) is 68.4 Å². The van der Waals surface area contributed by atoms with Gasteiger partial charge in [-0.3, -0.25) is 0 Å². The molecule has 0 saturated carbocycles. The molecule has 1 heteroatoms. The fraction of sp³-hybridized carbons (Fsp3) is 0.190. The smallest absolute Gasteiger partial charge is 0.120 e. The van der Waals surface area contributed by atoms with Crippen molar-refractivity contribution >= 4 is 10.8 Å². The van der Waals surface area contributed by atoms with E-state index in [0.29, 0.717) is 6.61 Å². The molecule has 22 heavy (non-hydrogen) atoms. The quantitative estimate of drug-likeness (QED) is 0.596. The molecule has 0 saturated heterocycles. The lowest BCUT2D eigenvalue weighted by atomic mass is 9.97. The summed E-state index contributed by atoms with van der Waals surface area (Å²) in [4.78, 5) is 0. The number of hydrogen-bond acceptors (Lipinski definition) is 1. The number of hydrogen-bond donors (Lipinski definition) is 0. The van der Waals surface area contributed by atoms with Crippen LogP contribution in [0.2, 0.25) is 0 Å². The molecule has 3 aromatic carbocycles. The van der Waals surface area contributed by atoms with Crippen molar-refractivity contribution in [2.24, 2.45) is 0 Å². The third-order valence-corrected chi connectivity index (χ3v) is 3.74. The fourth-order valence-corrected chi connectivity index (χ4v) is 2.68. The second-order valence-electron chi connectivity index (χ2n) is 5.96. The van der Waals surface area contributed by atoms with E-state index in [1.54, 1.807) is 0 Å². The van der Waals surface area contributed by atoms with Crippen molar-refractivity contribution in [1.82, 2.24) is 0 Å². The Morgan fingerprint density at radius 1 is 0.864 bits per heavy atom. The molecule has 0 aliphatic heterocycles. The molecule has 0 spiro atoms. The number of fused-ring (bicyclic) bond motifs is 1. The standard InChI is InChI=1S/C21H21O/c1-16(2)13-19-10-6-9-18-11-12-20(14-21(18)19)22-15-17-7-4-3-5-8-17/h3-12,14H,13,15H2,1-2H3. The minimum absolute atomic E-state index is 0.605. The molecule has 1 nitrogen and oxygen atoms in total. The molecule has 3 aromatic rings. The van der Waals surface area contributed by atoms with Gasteiger partial charge in [-0.15, -0.1) is 0 Å². The lowest BCUT2D eigenvalue weighted by Crippen LogP contribution is -1.96. The van der Waals surface area contributed by atoms with E-state index in [1.807, 2.05) is 18.2 Å². The highest BCUT2D eigenvalue weighted by molar-refractivity contribution is 5.87. The van der Waals surface area contributed by atoms with Crippen molar-refractivity contribution < 1.29 is 4.74 Å². The van der Waals surface area contributed by atoms with Crippen molar-refractivity contribution in [3.63, 3.8) is 0 Å². The van der Waals surface area contributed by atoms with E-state index in [2.05, 4.69) is 62.4 Å². The predicted molar refractivity (Wildman–Crippen MR) is 93.0 cm³/mol. The van der Waals surface area contributed by atoms with Gasteiger partial charge in [0.1, 0.15) is 12.4 Å². The predicted octanol–water partition coefficient (Wildman–Crippen LogP) is 5.58. The Labute approximate surface area is 132 Å². The van der Waals surface area contributed by atoms with Crippen LogP contribution >= 0.6 is 0 Å². The summed E-state index contributed by atoms with van der Waals surface area (Å²) in [6.45, 7) is 4.95. The summed E-state index contributed by atoms with van der Waals surface area (Å²) in [6.07, 6.45) is 1.01. The van der Waals surface area contributed by atoms with E-state index in [4.69, 9.17) is 4.74 Å². The second kappa shape index (κ2) is 6.65. The first-order valence-electron chi connectivity index (χ1n) is 7.70. The normalized spacial score (nSPS) is 11.0. The van der Waals surface area contributed by atoms with E-state index in [0.717, 1.165) is 12.2 Å². The van der Waals surface area contributed by atoms with Gasteiger partial charge >= 0.3 is 0 Å². The average Bonchev–Trinajstić information content (AvgIpc) is 2.54. The molecular formula is C21H21O. The van der Waals surface area contributed by atoms with Gasteiger partial charge in [0.25, 0.3) is 0 Å². The summed E-state index contributed by atoms with van der Waals surface area (Å²) >= 11 is 0. The number of benzene rings is 3. The molecule has 0 amide bonds. The molecule has 0 atom stereocenters. The van der Waals surface area contributed by atoms with Gasteiger partial charge in [0, 0.05) is 0 Å². The van der Waals surface area contributed by atoms with Crippen LogP contribution in [0, 0.1) is 5.92 Å². The highest BCUT2D eigenvalue weighted by Crippen LogP contribution is 2.26. The Balaban J connectivity index is 1.85. The maximum absolute atomic E-state index is 5.95. The first-order chi connectivity index (χ1) is 10.7. The van der Waals surface area contributed by atoms with Gasteiger partial charge in [-0.25, -0.2) is 0 Å². The van der Waals surface area contributed by atoms with Gasteiger partial charge in [0.2, 0.25) is 0 Å². The summed E-state index contributed by atoms with van der Waals surface area (Å²) in [5.41, 5.74) is 2.55. The van der Waals surface area contributed by atoms with Gasteiger partial charge in [-0.2, -0.15) is 0 Å². The van der Waals surface area contributed by atoms with E-state index in [-0.39, 0.29) is 0 Å². The highest BCUT2D eigenvalue weighted by Gasteiger charge is 2.05. The monoisotopic (exact) mass is 289 g/mol. The first kappa shape index (κ1) is 14.6. The van der Waals surface area contributed by atoms with Crippen molar-refractivity contribution in [3.8, 4) is 5.75 Å². The average molecular weight is 289 g/mol. The van der Waals surface area contributed by atoms with Crippen LogP contribution in [0.4, 0.5) is 0 Å². The van der Waals surface area contributed by atoms with E-state index >= 15 is 0 Å². The zero-order valence-electron chi connectivity index (χ0n) is 13.2. The van der Waals surface area contributed by atoms with Crippen LogP contribution < -0.4 is 4.74 Å². The molecular weight excluding hydrogens is 268 g/mol. The van der Waals surface area contributed by atoms with Crippen LogP contribution in [-0.4, -0.2) is 0 Å². The van der Waals surface area contributed by atoms with Crippen LogP contribution in [-0.2, 0) is 13.0 Å². The molecule has 0 fully saturated rings. The lowest BCUT2D eigenvalue weighted by molar-refractivity contribution is 0.306. The van der Waals surface area contributed by atoms with Crippen LogP contribution in [0.25, 0.3) is 10.8 Å². The molecule has 0 aliphatic rings. The maximum atomic E-state index is 5.95. The van der Waals surface area contributed by atoms with Crippen molar-refractivity contribution in [2.75, 3.05) is 0 Å². The van der Waals surface area contributed by atoms with Crippen molar-refractivity contribution in [3.05, 3.63) is 83.8 Å². The Morgan fingerprint density at radius 2 is 1.68 bits per heavy atom. The topological polar surface area (TPSA) is 9.23 Å². The summed E-state index contributed by atoms with van der Waals surface area (Å²) in [5.74, 6) is 2.35. The van der Waals surface area contributed by atoms with Crippen LogP contribution in [0.1, 0.15) is 25.0 Å². The van der Waals surface area contributed by atoms with Crippen LogP contribution in [0.15, 0.2) is 66.7 Å². The minimum Gasteiger partial charge on any atom is -0.489 e. The van der Waals surface area contributed by atoms with E-state index < -0.39 is 0 Å². The molecule has 0 bridgehead atoms. The minimum atomic E-state index is 0.605. The molecule has 0 unspecified atom stereocenters.